The molecular weight excluding hydrogens is 407 g/mol. The third-order valence-corrected chi connectivity index (χ3v) is 6.87. The zero-order chi connectivity index (χ0) is 22.7. The maximum atomic E-state index is 13.6. The van der Waals surface area contributed by atoms with Crippen molar-refractivity contribution in [3.05, 3.63) is 65.5 Å². The van der Waals surface area contributed by atoms with Gasteiger partial charge in [-0.2, -0.15) is 0 Å². The molecule has 0 saturated carbocycles. The summed E-state index contributed by atoms with van der Waals surface area (Å²) in [6, 6.07) is 13.8. The smallest absolute Gasteiger partial charge is 0.253 e. The molecule has 1 unspecified atom stereocenters. The molecule has 2 aliphatic heterocycles. The minimum Gasteiger partial charge on any atom is -0.487 e. The van der Waals surface area contributed by atoms with E-state index in [9.17, 15) is 14.0 Å². The number of amides is 2. The lowest BCUT2D eigenvalue weighted by Crippen LogP contribution is -2.52. The fraction of sp³-hybridized carbons (Fsp3) is 0.462. The third kappa shape index (κ3) is 4.50. The topological polar surface area (TPSA) is 49.9 Å². The summed E-state index contributed by atoms with van der Waals surface area (Å²) in [5, 5.41) is 0. The molecule has 2 heterocycles. The number of nitrogens with zero attached hydrogens (tertiary/aromatic N) is 2. The van der Waals surface area contributed by atoms with Gasteiger partial charge in [0.25, 0.3) is 5.91 Å². The normalized spacial score (nSPS) is 19.2. The molecule has 2 aliphatic rings. The molecule has 0 radical (unpaired) electrons. The SMILES string of the molecule is CCN(CC)C(=O)CC1CC2(CCN(C(=O)c3cccc(F)c3)CC2)Oc2ccccc21. The molecular formula is C26H31FN2O3. The van der Waals surface area contributed by atoms with Crippen LogP contribution in [0.25, 0.3) is 0 Å². The Morgan fingerprint density at radius 1 is 1.09 bits per heavy atom. The number of carbonyl (C=O) groups is 2. The van der Waals surface area contributed by atoms with Gasteiger partial charge in [-0.25, -0.2) is 4.39 Å². The molecule has 0 aromatic heterocycles. The van der Waals surface area contributed by atoms with Crippen LogP contribution in [0.2, 0.25) is 0 Å². The number of para-hydroxylation sites is 1. The second-order valence-corrected chi connectivity index (χ2v) is 8.80. The molecule has 4 rings (SSSR count). The van der Waals surface area contributed by atoms with Crippen molar-refractivity contribution in [2.24, 2.45) is 0 Å². The van der Waals surface area contributed by atoms with E-state index in [0.29, 0.717) is 51.0 Å². The first kappa shape index (κ1) is 22.3. The second-order valence-electron chi connectivity index (χ2n) is 8.80. The summed E-state index contributed by atoms with van der Waals surface area (Å²) in [7, 11) is 0. The van der Waals surface area contributed by atoms with Crippen LogP contribution in [0, 0.1) is 5.82 Å². The van der Waals surface area contributed by atoms with Crippen LogP contribution in [0.3, 0.4) is 0 Å². The first-order chi connectivity index (χ1) is 15.4. The van der Waals surface area contributed by atoms with E-state index in [4.69, 9.17) is 4.74 Å². The molecule has 1 saturated heterocycles. The molecule has 32 heavy (non-hydrogen) atoms. The van der Waals surface area contributed by atoms with Gasteiger partial charge in [-0.15, -0.1) is 0 Å². The first-order valence-electron chi connectivity index (χ1n) is 11.5. The lowest BCUT2D eigenvalue weighted by atomic mass is 9.76. The van der Waals surface area contributed by atoms with Gasteiger partial charge < -0.3 is 14.5 Å². The second kappa shape index (κ2) is 9.31. The van der Waals surface area contributed by atoms with Gasteiger partial charge in [0.2, 0.25) is 5.91 Å². The molecule has 5 nitrogen and oxygen atoms in total. The Bertz CT molecular complexity index is 981. The Morgan fingerprint density at radius 3 is 2.50 bits per heavy atom. The largest absolute Gasteiger partial charge is 0.487 e. The molecule has 0 bridgehead atoms. The summed E-state index contributed by atoms with van der Waals surface area (Å²) >= 11 is 0. The van der Waals surface area contributed by atoms with E-state index in [1.54, 1.807) is 17.0 Å². The Balaban J connectivity index is 1.49. The zero-order valence-corrected chi connectivity index (χ0v) is 18.9. The van der Waals surface area contributed by atoms with Crippen molar-refractivity contribution in [3.63, 3.8) is 0 Å². The summed E-state index contributed by atoms with van der Waals surface area (Å²) < 4.78 is 20.1. The maximum Gasteiger partial charge on any atom is 0.253 e. The number of carbonyl (C=O) groups excluding carboxylic acids is 2. The molecule has 0 aliphatic carbocycles. The standard InChI is InChI=1S/C26H31FN2O3/c1-3-28(4-2)24(30)17-20-18-26(32-23-11-6-5-10-22(20)23)12-14-29(15-13-26)25(31)19-8-7-9-21(27)16-19/h5-11,16,20H,3-4,12-15,17-18H2,1-2H3. The number of likely N-dealkylation sites (tertiary alicyclic amines) is 1. The van der Waals surface area contributed by atoms with Gasteiger partial charge in [0.1, 0.15) is 17.2 Å². The number of rotatable bonds is 5. The monoisotopic (exact) mass is 438 g/mol. The summed E-state index contributed by atoms with van der Waals surface area (Å²) in [5.41, 5.74) is 1.08. The minimum absolute atomic E-state index is 0.0959. The third-order valence-electron chi connectivity index (χ3n) is 6.87. The van der Waals surface area contributed by atoms with Crippen LogP contribution in [0.5, 0.6) is 5.75 Å². The fourth-order valence-electron chi connectivity index (χ4n) is 5.07. The summed E-state index contributed by atoms with van der Waals surface area (Å²) in [6.45, 7) is 6.53. The van der Waals surface area contributed by atoms with Crippen molar-refractivity contribution in [2.45, 2.75) is 51.0 Å². The van der Waals surface area contributed by atoms with Crippen LogP contribution in [0.1, 0.15) is 61.4 Å². The van der Waals surface area contributed by atoms with Crippen molar-refractivity contribution >= 4 is 11.8 Å². The molecule has 170 valence electrons. The number of ether oxygens (including phenoxy) is 1. The molecule has 1 fully saturated rings. The predicted molar refractivity (Wildman–Crippen MR) is 121 cm³/mol. The zero-order valence-electron chi connectivity index (χ0n) is 18.9. The van der Waals surface area contributed by atoms with Gasteiger partial charge in [0.05, 0.1) is 0 Å². The first-order valence-corrected chi connectivity index (χ1v) is 11.5. The molecule has 1 spiro atoms. The van der Waals surface area contributed by atoms with Gasteiger partial charge >= 0.3 is 0 Å². The van der Waals surface area contributed by atoms with Crippen LogP contribution in [-0.4, -0.2) is 53.4 Å². The maximum absolute atomic E-state index is 13.6. The van der Waals surface area contributed by atoms with Crippen molar-refractivity contribution < 1.29 is 18.7 Å². The Morgan fingerprint density at radius 2 is 1.81 bits per heavy atom. The fourth-order valence-corrected chi connectivity index (χ4v) is 5.07. The van der Waals surface area contributed by atoms with Crippen molar-refractivity contribution in [1.82, 2.24) is 9.80 Å². The predicted octanol–water partition coefficient (Wildman–Crippen LogP) is 4.63. The van der Waals surface area contributed by atoms with Crippen LogP contribution in [0.15, 0.2) is 48.5 Å². The highest BCUT2D eigenvalue weighted by Gasteiger charge is 2.44. The van der Waals surface area contributed by atoms with E-state index >= 15 is 0 Å². The van der Waals surface area contributed by atoms with Crippen molar-refractivity contribution in [1.29, 1.82) is 0 Å². The minimum atomic E-state index is -0.405. The van der Waals surface area contributed by atoms with Crippen LogP contribution < -0.4 is 4.74 Å². The Kier molecular flexibility index (Phi) is 6.49. The molecule has 2 aromatic carbocycles. The van der Waals surface area contributed by atoms with E-state index in [2.05, 4.69) is 6.07 Å². The average Bonchev–Trinajstić information content (AvgIpc) is 2.80. The Hall–Kier alpha value is -2.89. The molecule has 2 aromatic rings. The lowest BCUT2D eigenvalue weighted by molar-refractivity contribution is -0.131. The quantitative estimate of drug-likeness (QED) is 0.684. The Labute approximate surface area is 189 Å². The molecule has 1 atom stereocenters. The number of benzene rings is 2. The van der Waals surface area contributed by atoms with E-state index in [-0.39, 0.29) is 23.3 Å². The highest BCUT2D eigenvalue weighted by molar-refractivity contribution is 5.94. The van der Waals surface area contributed by atoms with Crippen LogP contribution in [0.4, 0.5) is 4.39 Å². The van der Waals surface area contributed by atoms with E-state index in [0.717, 1.165) is 17.7 Å². The highest BCUT2D eigenvalue weighted by atomic mass is 19.1. The number of fused-ring (bicyclic) bond motifs is 1. The van der Waals surface area contributed by atoms with E-state index in [1.165, 1.54) is 12.1 Å². The number of hydrogen-bond acceptors (Lipinski definition) is 3. The number of piperidine rings is 1. The number of halogens is 1. The van der Waals surface area contributed by atoms with Gasteiger partial charge in [-0.3, -0.25) is 9.59 Å². The molecule has 2 amide bonds. The summed E-state index contributed by atoms with van der Waals surface area (Å²) in [6.07, 6.45) is 2.62. The van der Waals surface area contributed by atoms with Gasteiger partial charge in [0.15, 0.2) is 0 Å². The van der Waals surface area contributed by atoms with E-state index in [1.807, 2.05) is 36.9 Å². The van der Waals surface area contributed by atoms with Crippen LogP contribution in [-0.2, 0) is 4.79 Å². The average molecular weight is 439 g/mol. The van der Waals surface area contributed by atoms with Gasteiger partial charge in [-0.05, 0) is 50.1 Å². The summed E-state index contributed by atoms with van der Waals surface area (Å²) in [4.78, 5) is 29.4. The summed E-state index contributed by atoms with van der Waals surface area (Å²) in [5.74, 6) is 0.561. The van der Waals surface area contributed by atoms with Gasteiger partial charge in [-0.1, -0.05) is 24.3 Å². The molecule has 0 N–H and O–H groups in total. The van der Waals surface area contributed by atoms with E-state index < -0.39 is 5.82 Å². The molecule has 6 heteroatoms. The van der Waals surface area contributed by atoms with Crippen LogP contribution >= 0.6 is 0 Å². The van der Waals surface area contributed by atoms with Gasteiger partial charge in [0, 0.05) is 56.9 Å². The van der Waals surface area contributed by atoms with Crippen molar-refractivity contribution in [2.75, 3.05) is 26.2 Å². The highest BCUT2D eigenvalue weighted by Crippen LogP contribution is 2.46. The number of hydrogen-bond donors (Lipinski definition) is 0. The van der Waals surface area contributed by atoms with Crippen molar-refractivity contribution in [3.8, 4) is 5.75 Å². The lowest BCUT2D eigenvalue weighted by Gasteiger charge is -2.47.